The highest BCUT2D eigenvalue weighted by Gasteiger charge is 2.05. The monoisotopic (exact) mass is 272 g/mol. The zero-order valence-electron chi connectivity index (χ0n) is 7.66. The summed E-state index contributed by atoms with van der Waals surface area (Å²) in [6.45, 7) is -0.267. The number of anilines is 1. The minimum absolute atomic E-state index is 0.267. The first-order valence-corrected chi connectivity index (χ1v) is 4.90. The fourth-order valence-corrected chi connectivity index (χ4v) is 1.30. The second-order valence-corrected chi connectivity index (χ2v) is 3.54. The topological polar surface area (TPSA) is 78.4 Å². The Kier molecular flexibility index (Phi) is 4.11. The van der Waals surface area contributed by atoms with Gasteiger partial charge in [0.2, 0.25) is 5.91 Å². The number of rotatable bonds is 3. The minimum atomic E-state index is -1.22. The van der Waals surface area contributed by atoms with Crippen LogP contribution in [-0.4, -0.2) is 23.7 Å². The lowest BCUT2D eigenvalue weighted by Crippen LogP contribution is -2.31. The van der Waals surface area contributed by atoms with Crippen LogP contribution < -0.4 is 10.6 Å². The zero-order valence-corrected chi connectivity index (χ0v) is 9.24. The summed E-state index contributed by atoms with van der Waals surface area (Å²) in [5.41, 5.74) is 0.606. The lowest BCUT2D eigenvalue weighted by molar-refractivity contribution is -0.115. The van der Waals surface area contributed by atoms with Gasteiger partial charge in [-0.1, -0.05) is 12.1 Å². The molecule has 1 aromatic carbocycles. The lowest BCUT2D eigenvalue weighted by Gasteiger charge is -2.06. The molecule has 1 aromatic rings. The molecule has 0 aliphatic rings. The maximum absolute atomic E-state index is 11.2. The standard InChI is InChI=1S/C9H9BrN2O3/c10-6-3-1-2-4-7(6)12-8(13)5-11-9(14)15/h1-4,11H,5H2,(H,12,13)(H,14,15). The Balaban J connectivity index is 2.52. The highest BCUT2D eigenvalue weighted by atomic mass is 79.9. The number of carbonyl (C=O) groups is 2. The minimum Gasteiger partial charge on any atom is -0.465 e. The van der Waals surface area contributed by atoms with Crippen LogP contribution in [0.1, 0.15) is 0 Å². The SMILES string of the molecule is O=C(O)NCC(=O)Nc1ccccc1Br. The van der Waals surface area contributed by atoms with Gasteiger partial charge < -0.3 is 15.7 Å². The average molecular weight is 273 g/mol. The Morgan fingerprint density at radius 2 is 2.00 bits per heavy atom. The number of carboxylic acid groups (broad SMARTS) is 1. The molecule has 5 nitrogen and oxygen atoms in total. The highest BCUT2D eigenvalue weighted by Crippen LogP contribution is 2.20. The number of carbonyl (C=O) groups excluding carboxylic acids is 1. The zero-order chi connectivity index (χ0) is 11.3. The van der Waals surface area contributed by atoms with Gasteiger partial charge in [-0.05, 0) is 28.1 Å². The predicted octanol–water partition coefficient (Wildman–Crippen LogP) is 1.66. The van der Waals surface area contributed by atoms with Gasteiger partial charge in [-0.15, -0.1) is 0 Å². The van der Waals surface area contributed by atoms with Crippen LogP contribution in [-0.2, 0) is 4.79 Å². The molecule has 0 aromatic heterocycles. The fraction of sp³-hybridized carbons (Fsp3) is 0.111. The third kappa shape index (κ3) is 3.99. The first-order chi connectivity index (χ1) is 7.09. The van der Waals surface area contributed by atoms with E-state index in [4.69, 9.17) is 5.11 Å². The van der Waals surface area contributed by atoms with E-state index in [1.807, 2.05) is 11.4 Å². The van der Waals surface area contributed by atoms with Crippen LogP contribution in [0.3, 0.4) is 0 Å². The predicted molar refractivity (Wildman–Crippen MR) is 58.8 cm³/mol. The quantitative estimate of drug-likeness (QED) is 0.783. The van der Waals surface area contributed by atoms with Crippen LogP contribution in [0.5, 0.6) is 0 Å². The van der Waals surface area contributed by atoms with Crippen molar-refractivity contribution in [1.82, 2.24) is 5.32 Å². The Hall–Kier alpha value is -1.56. The first kappa shape index (κ1) is 11.5. The van der Waals surface area contributed by atoms with E-state index in [-0.39, 0.29) is 6.54 Å². The van der Waals surface area contributed by atoms with Crippen LogP contribution >= 0.6 is 15.9 Å². The molecule has 0 radical (unpaired) electrons. The summed E-state index contributed by atoms with van der Waals surface area (Å²) < 4.78 is 0.744. The van der Waals surface area contributed by atoms with Crippen molar-refractivity contribution in [1.29, 1.82) is 0 Å². The molecule has 0 heterocycles. The molecule has 0 saturated heterocycles. The molecular weight excluding hydrogens is 264 g/mol. The summed E-state index contributed by atoms with van der Waals surface area (Å²) in [5.74, 6) is -0.413. The van der Waals surface area contributed by atoms with E-state index in [1.165, 1.54) is 0 Å². The molecule has 0 saturated carbocycles. The summed E-state index contributed by atoms with van der Waals surface area (Å²) in [7, 11) is 0. The molecule has 2 amide bonds. The summed E-state index contributed by atoms with van der Waals surface area (Å²) in [5, 5.41) is 12.8. The lowest BCUT2D eigenvalue weighted by atomic mass is 10.3. The molecule has 80 valence electrons. The van der Waals surface area contributed by atoms with Gasteiger partial charge in [-0.25, -0.2) is 4.79 Å². The van der Waals surface area contributed by atoms with Gasteiger partial charge in [0.15, 0.2) is 0 Å². The Labute approximate surface area is 94.6 Å². The van der Waals surface area contributed by atoms with Crippen LogP contribution in [0.2, 0.25) is 0 Å². The molecule has 15 heavy (non-hydrogen) atoms. The van der Waals surface area contributed by atoms with Crippen molar-refractivity contribution in [2.24, 2.45) is 0 Å². The van der Waals surface area contributed by atoms with Crippen LogP contribution in [0, 0.1) is 0 Å². The van der Waals surface area contributed by atoms with Gasteiger partial charge >= 0.3 is 6.09 Å². The van der Waals surface area contributed by atoms with Crippen molar-refractivity contribution in [3.8, 4) is 0 Å². The smallest absolute Gasteiger partial charge is 0.405 e. The number of halogens is 1. The Morgan fingerprint density at radius 1 is 1.33 bits per heavy atom. The van der Waals surface area contributed by atoms with Gasteiger partial charge in [-0.3, -0.25) is 4.79 Å². The number of hydrogen-bond donors (Lipinski definition) is 3. The third-order valence-corrected chi connectivity index (χ3v) is 2.24. The third-order valence-electron chi connectivity index (χ3n) is 1.55. The Morgan fingerprint density at radius 3 is 2.60 bits per heavy atom. The molecule has 0 unspecified atom stereocenters. The molecule has 0 aliphatic heterocycles. The van der Waals surface area contributed by atoms with Crippen LogP contribution in [0.25, 0.3) is 0 Å². The molecule has 3 N–H and O–H groups in total. The van der Waals surface area contributed by atoms with Crippen LogP contribution in [0.4, 0.5) is 10.5 Å². The number of nitrogens with one attached hydrogen (secondary N) is 2. The van der Waals surface area contributed by atoms with E-state index in [1.54, 1.807) is 18.2 Å². The van der Waals surface area contributed by atoms with Crippen molar-refractivity contribution in [3.63, 3.8) is 0 Å². The molecule has 6 heteroatoms. The molecule has 1 rings (SSSR count). The number of hydrogen-bond acceptors (Lipinski definition) is 2. The summed E-state index contributed by atoms with van der Waals surface area (Å²) in [6, 6.07) is 7.07. The first-order valence-electron chi connectivity index (χ1n) is 4.11. The van der Waals surface area contributed by atoms with Crippen molar-refractivity contribution >= 4 is 33.6 Å². The highest BCUT2D eigenvalue weighted by molar-refractivity contribution is 9.10. The number of benzene rings is 1. The largest absolute Gasteiger partial charge is 0.465 e. The molecule has 0 spiro atoms. The summed E-state index contributed by atoms with van der Waals surface area (Å²) in [6.07, 6.45) is -1.22. The Bertz CT molecular complexity index is 381. The van der Waals surface area contributed by atoms with Crippen molar-refractivity contribution in [2.45, 2.75) is 0 Å². The van der Waals surface area contributed by atoms with E-state index in [0.717, 1.165) is 4.47 Å². The maximum Gasteiger partial charge on any atom is 0.405 e. The van der Waals surface area contributed by atoms with Crippen LogP contribution in [0.15, 0.2) is 28.7 Å². The second kappa shape index (κ2) is 5.35. The van der Waals surface area contributed by atoms with Crippen molar-refractivity contribution in [3.05, 3.63) is 28.7 Å². The summed E-state index contributed by atoms with van der Waals surface area (Å²) >= 11 is 3.25. The average Bonchev–Trinajstić information content (AvgIpc) is 2.18. The molecule has 0 fully saturated rings. The molecular formula is C9H9BrN2O3. The van der Waals surface area contributed by atoms with Gasteiger partial charge in [0.25, 0.3) is 0 Å². The molecule has 0 aliphatic carbocycles. The van der Waals surface area contributed by atoms with E-state index in [2.05, 4.69) is 21.2 Å². The van der Waals surface area contributed by atoms with Gasteiger partial charge in [0, 0.05) is 4.47 Å². The van der Waals surface area contributed by atoms with E-state index in [0.29, 0.717) is 5.69 Å². The maximum atomic E-state index is 11.2. The molecule has 0 bridgehead atoms. The van der Waals surface area contributed by atoms with Crippen molar-refractivity contribution < 1.29 is 14.7 Å². The van der Waals surface area contributed by atoms with Gasteiger partial charge in [0.1, 0.15) is 6.54 Å². The number of para-hydroxylation sites is 1. The summed E-state index contributed by atoms with van der Waals surface area (Å²) in [4.78, 5) is 21.3. The van der Waals surface area contributed by atoms with Gasteiger partial charge in [-0.2, -0.15) is 0 Å². The second-order valence-electron chi connectivity index (χ2n) is 2.69. The van der Waals surface area contributed by atoms with E-state index in [9.17, 15) is 9.59 Å². The normalized spacial score (nSPS) is 9.40. The number of amides is 2. The van der Waals surface area contributed by atoms with E-state index < -0.39 is 12.0 Å². The van der Waals surface area contributed by atoms with E-state index >= 15 is 0 Å². The van der Waals surface area contributed by atoms with Gasteiger partial charge in [0.05, 0.1) is 5.69 Å². The fourth-order valence-electron chi connectivity index (χ4n) is 0.913. The molecule has 0 atom stereocenters. The van der Waals surface area contributed by atoms with Crippen molar-refractivity contribution in [2.75, 3.05) is 11.9 Å².